The van der Waals surface area contributed by atoms with Gasteiger partial charge in [-0.1, -0.05) is 89.0 Å². The quantitative estimate of drug-likeness (QED) is 0.147. The van der Waals surface area contributed by atoms with Crippen molar-refractivity contribution in [2.75, 3.05) is 10.2 Å². The molecule has 1 aromatic heterocycles. The van der Waals surface area contributed by atoms with Crippen molar-refractivity contribution in [2.45, 2.75) is 32.6 Å². The standard InChI is InChI=1S/C38H33FN4O2S/c1-25-5-13-29(14-6-25)36-23-30-15-16-31(39)24-35(30)37(41-36)43(33-19-9-27(3)10-20-33)38(40-32-17-7-26(2)8-18-32)42-46(44,45)34-21-11-28(4)12-22-34/h5-24H,1-4H3,(H,40,42). The molecule has 0 fully saturated rings. The van der Waals surface area contributed by atoms with E-state index in [4.69, 9.17) is 4.98 Å². The minimum absolute atomic E-state index is 0.0209. The minimum Gasteiger partial charge on any atom is -0.325 e. The van der Waals surface area contributed by atoms with Gasteiger partial charge < -0.3 is 5.32 Å². The van der Waals surface area contributed by atoms with Gasteiger partial charge >= 0.3 is 0 Å². The summed E-state index contributed by atoms with van der Waals surface area (Å²) in [6.07, 6.45) is 0. The van der Waals surface area contributed by atoms with Crippen molar-refractivity contribution in [1.29, 1.82) is 0 Å². The van der Waals surface area contributed by atoms with Crippen LogP contribution >= 0.6 is 0 Å². The lowest BCUT2D eigenvalue weighted by molar-refractivity contribution is 0.598. The predicted molar refractivity (Wildman–Crippen MR) is 186 cm³/mol. The van der Waals surface area contributed by atoms with Crippen molar-refractivity contribution >= 4 is 43.9 Å². The molecule has 1 N–H and O–H groups in total. The molecule has 0 unspecified atom stereocenters. The molecule has 6 rings (SSSR count). The first-order valence-electron chi connectivity index (χ1n) is 14.9. The molecule has 0 atom stereocenters. The maximum Gasteiger partial charge on any atom is 0.285 e. The van der Waals surface area contributed by atoms with Crippen LogP contribution in [0, 0.1) is 33.5 Å². The summed E-state index contributed by atoms with van der Waals surface area (Å²) in [5, 5.41) is 4.48. The van der Waals surface area contributed by atoms with Crippen molar-refractivity contribution in [3.8, 4) is 11.3 Å². The van der Waals surface area contributed by atoms with Crippen LogP contribution in [0.4, 0.5) is 21.6 Å². The molecule has 0 bridgehead atoms. The highest BCUT2D eigenvalue weighted by molar-refractivity contribution is 7.90. The van der Waals surface area contributed by atoms with Crippen molar-refractivity contribution in [3.63, 3.8) is 0 Å². The molecule has 0 saturated heterocycles. The van der Waals surface area contributed by atoms with E-state index in [0.29, 0.717) is 28.3 Å². The fourth-order valence-electron chi connectivity index (χ4n) is 5.05. The molecule has 0 aliphatic carbocycles. The first-order chi connectivity index (χ1) is 22.1. The number of anilines is 3. The summed E-state index contributed by atoms with van der Waals surface area (Å²) in [6.45, 7) is 7.84. The molecule has 0 radical (unpaired) electrons. The van der Waals surface area contributed by atoms with E-state index in [1.165, 1.54) is 24.3 Å². The van der Waals surface area contributed by atoms with Gasteiger partial charge in [0.15, 0.2) is 0 Å². The third kappa shape index (κ3) is 6.67. The summed E-state index contributed by atoms with van der Waals surface area (Å²) in [6, 6.07) is 36.1. The average Bonchev–Trinajstić information content (AvgIpc) is 3.03. The fraction of sp³-hybridized carbons (Fsp3) is 0.105. The summed E-state index contributed by atoms with van der Waals surface area (Å²) >= 11 is 0. The number of nitrogens with one attached hydrogen (secondary N) is 1. The summed E-state index contributed by atoms with van der Waals surface area (Å²) in [7, 11) is -4.22. The van der Waals surface area contributed by atoms with Crippen molar-refractivity contribution in [2.24, 2.45) is 4.40 Å². The molecule has 0 aliphatic rings. The Hall–Kier alpha value is -5.34. The number of guanidine groups is 1. The van der Waals surface area contributed by atoms with Gasteiger partial charge in [0.05, 0.1) is 16.3 Å². The molecule has 6 nitrogen and oxygen atoms in total. The van der Waals surface area contributed by atoms with Crippen LogP contribution in [-0.4, -0.2) is 19.4 Å². The molecule has 0 aliphatic heterocycles. The topological polar surface area (TPSA) is 74.7 Å². The smallest absolute Gasteiger partial charge is 0.285 e. The second-order valence-electron chi connectivity index (χ2n) is 11.4. The second-order valence-corrected chi connectivity index (χ2v) is 13.0. The zero-order valence-corrected chi connectivity index (χ0v) is 26.8. The zero-order chi connectivity index (χ0) is 32.4. The highest BCUT2D eigenvalue weighted by Gasteiger charge is 2.26. The number of sulfonamides is 1. The Morgan fingerprint density at radius 3 is 1.85 bits per heavy atom. The number of benzene rings is 5. The van der Waals surface area contributed by atoms with Crippen molar-refractivity contribution in [3.05, 3.63) is 149 Å². The van der Waals surface area contributed by atoms with Crippen LogP contribution in [0.1, 0.15) is 22.3 Å². The Kier molecular flexibility index (Phi) is 8.39. The number of aromatic nitrogens is 1. The van der Waals surface area contributed by atoms with Crippen LogP contribution in [0.2, 0.25) is 0 Å². The summed E-state index contributed by atoms with van der Waals surface area (Å²) in [4.78, 5) is 6.76. The number of halogens is 1. The monoisotopic (exact) mass is 628 g/mol. The molecule has 0 saturated carbocycles. The maximum absolute atomic E-state index is 14.9. The van der Waals surface area contributed by atoms with E-state index in [1.54, 1.807) is 23.1 Å². The molecule has 6 aromatic rings. The zero-order valence-electron chi connectivity index (χ0n) is 26.0. The highest BCUT2D eigenvalue weighted by Crippen LogP contribution is 2.36. The number of aryl methyl sites for hydroxylation is 4. The van der Waals surface area contributed by atoms with Gasteiger partial charge in [-0.2, -0.15) is 8.42 Å². The van der Waals surface area contributed by atoms with Gasteiger partial charge in [0.2, 0.25) is 5.96 Å². The number of nitrogens with zero attached hydrogens (tertiary/aromatic N) is 3. The molecule has 0 amide bonds. The number of pyridine rings is 1. The van der Waals surface area contributed by atoms with Crippen molar-refractivity contribution < 1.29 is 12.8 Å². The van der Waals surface area contributed by atoms with Gasteiger partial charge in [-0.25, -0.2) is 9.37 Å². The Bertz CT molecular complexity index is 2160. The van der Waals surface area contributed by atoms with Gasteiger partial charge in [0, 0.05) is 16.6 Å². The fourth-order valence-corrected chi connectivity index (χ4v) is 5.99. The third-order valence-electron chi connectivity index (χ3n) is 7.67. The minimum atomic E-state index is -4.22. The van der Waals surface area contributed by atoms with Gasteiger partial charge in [-0.05, 0) is 87.7 Å². The van der Waals surface area contributed by atoms with E-state index < -0.39 is 15.8 Å². The van der Waals surface area contributed by atoms with Gasteiger partial charge in [-0.15, -0.1) is 4.40 Å². The van der Waals surface area contributed by atoms with Gasteiger partial charge in [-0.3, -0.25) is 4.90 Å². The molecular formula is C38H33FN4O2S. The lowest BCUT2D eigenvalue weighted by Gasteiger charge is -2.28. The van der Waals surface area contributed by atoms with Gasteiger partial charge in [0.1, 0.15) is 11.6 Å². The van der Waals surface area contributed by atoms with E-state index in [9.17, 15) is 12.8 Å². The van der Waals surface area contributed by atoms with Crippen molar-refractivity contribution in [1.82, 2.24) is 4.98 Å². The number of hydrogen-bond acceptors (Lipinski definition) is 3. The summed E-state index contributed by atoms with van der Waals surface area (Å²) < 4.78 is 47.2. The largest absolute Gasteiger partial charge is 0.325 e. The van der Waals surface area contributed by atoms with E-state index in [2.05, 4.69) is 9.71 Å². The van der Waals surface area contributed by atoms with Crippen LogP contribution in [-0.2, 0) is 10.0 Å². The number of hydrogen-bond donors (Lipinski definition) is 1. The maximum atomic E-state index is 14.9. The summed E-state index contributed by atoms with van der Waals surface area (Å²) in [5.41, 5.74) is 6.78. The lowest BCUT2D eigenvalue weighted by Crippen LogP contribution is -2.34. The molecule has 8 heteroatoms. The second kappa shape index (κ2) is 12.6. The average molecular weight is 629 g/mol. The van der Waals surface area contributed by atoms with Crippen LogP contribution in [0.5, 0.6) is 0 Å². The molecule has 5 aromatic carbocycles. The molecule has 230 valence electrons. The van der Waals surface area contributed by atoms with Crippen LogP contribution in [0.3, 0.4) is 0 Å². The van der Waals surface area contributed by atoms with E-state index in [0.717, 1.165) is 33.2 Å². The van der Waals surface area contributed by atoms with E-state index in [1.807, 2.05) is 107 Å². The number of fused-ring (bicyclic) bond motifs is 1. The summed E-state index contributed by atoms with van der Waals surface area (Å²) in [5.74, 6) is -0.152. The van der Waals surface area contributed by atoms with Crippen LogP contribution in [0.15, 0.2) is 131 Å². The Balaban J connectivity index is 1.66. The third-order valence-corrected chi connectivity index (χ3v) is 8.95. The highest BCUT2D eigenvalue weighted by atomic mass is 32.2. The number of rotatable bonds is 6. The Morgan fingerprint density at radius 1 is 0.696 bits per heavy atom. The Morgan fingerprint density at radius 2 is 1.24 bits per heavy atom. The molecular weight excluding hydrogens is 596 g/mol. The Labute approximate surface area is 269 Å². The first-order valence-corrected chi connectivity index (χ1v) is 16.3. The van der Waals surface area contributed by atoms with E-state index >= 15 is 0 Å². The van der Waals surface area contributed by atoms with E-state index in [-0.39, 0.29) is 10.9 Å². The molecule has 0 spiro atoms. The molecule has 46 heavy (non-hydrogen) atoms. The van der Waals surface area contributed by atoms with Crippen LogP contribution < -0.4 is 10.2 Å². The van der Waals surface area contributed by atoms with Crippen LogP contribution in [0.25, 0.3) is 22.0 Å². The SMILES string of the molecule is Cc1ccc(N/C(=N\S(=O)(=O)c2ccc(C)cc2)N(c2ccc(C)cc2)c2nc(-c3ccc(C)cc3)cc3ccc(F)cc23)cc1. The normalized spacial score (nSPS) is 11.9. The predicted octanol–water partition coefficient (Wildman–Crippen LogP) is 9.27. The first kappa shape index (κ1) is 30.7. The lowest BCUT2D eigenvalue weighted by atomic mass is 10.0. The molecule has 1 heterocycles. The van der Waals surface area contributed by atoms with Gasteiger partial charge in [0.25, 0.3) is 10.0 Å².